The van der Waals surface area contributed by atoms with Gasteiger partial charge in [0.05, 0.1) is 36.9 Å². The van der Waals surface area contributed by atoms with Gasteiger partial charge in [0.2, 0.25) is 0 Å². The molecule has 4 rings (SSSR count). The molecule has 16 heteroatoms. The Bertz CT molecular complexity index is 1480. The normalized spacial score (nSPS) is 32.6. The van der Waals surface area contributed by atoms with E-state index in [1.165, 1.54) is 13.2 Å². The van der Waals surface area contributed by atoms with Crippen LogP contribution in [0.5, 0.6) is 0 Å². The van der Waals surface area contributed by atoms with Crippen LogP contribution in [0.4, 0.5) is 4.79 Å². The van der Waals surface area contributed by atoms with Gasteiger partial charge in [0.15, 0.2) is 12.6 Å². The van der Waals surface area contributed by atoms with E-state index in [1.54, 1.807) is 36.4 Å². The number of aliphatic hydroxyl groups is 2. The second-order valence-electron chi connectivity index (χ2n) is 15.7. The van der Waals surface area contributed by atoms with Crippen molar-refractivity contribution in [1.82, 2.24) is 5.32 Å². The quantitative estimate of drug-likeness (QED) is 0.0542. The van der Waals surface area contributed by atoms with Crippen LogP contribution >= 0.6 is 0 Å². The molecule has 9 unspecified atom stereocenters. The molecule has 0 radical (unpaired) electrons. The Morgan fingerprint density at radius 3 is 2.05 bits per heavy atom. The highest BCUT2D eigenvalue weighted by atomic mass is 16.7. The van der Waals surface area contributed by atoms with E-state index in [2.05, 4.69) is 39.2 Å². The van der Waals surface area contributed by atoms with Crippen LogP contribution in [0.3, 0.4) is 0 Å². The zero-order valence-electron chi connectivity index (χ0n) is 36.4. The molecule has 3 N–H and O–H groups in total. The summed E-state index contributed by atoms with van der Waals surface area (Å²) in [6, 6.07) is 6.83. The molecule has 16 nitrogen and oxygen atoms in total. The minimum Gasteiger partial charge on any atom is -0.469 e. The van der Waals surface area contributed by atoms with Crippen molar-refractivity contribution in [3.63, 3.8) is 0 Å². The molecule has 3 aliphatic rings. The Morgan fingerprint density at radius 1 is 0.803 bits per heavy atom. The molecular weight excluding hydrogens is 794 g/mol. The van der Waals surface area contributed by atoms with Gasteiger partial charge in [-0.1, -0.05) is 77.0 Å². The Labute approximate surface area is 360 Å². The monoisotopic (exact) mass is 863 g/mol. The number of methoxy groups -OCH3 is 1. The van der Waals surface area contributed by atoms with Gasteiger partial charge in [-0.3, -0.25) is 4.79 Å². The smallest absolute Gasteiger partial charge is 0.407 e. The second-order valence-corrected chi connectivity index (χ2v) is 15.7. The Morgan fingerprint density at radius 2 is 1.44 bits per heavy atom. The average Bonchev–Trinajstić information content (AvgIpc) is 3.27. The maximum absolute atomic E-state index is 13.2. The van der Waals surface area contributed by atoms with Gasteiger partial charge in [-0.25, -0.2) is 9.59 Å². The SMILES string of the molecule is C=CCOC(=O)NC1C(O)[C@@H](O)C(COC(=O)c2ccccc2)O[C@H]1O[C@@H]1CC(C(=O)OC)CC(C=C)C1OC1O[C@@H](C)C(OCCCC)C(OCCCC)[C@@H]1OCCCC. The molecule has 1 aliphatic carbocycles. The molecule has 2 aliphatic heterocycles. The van der Waals surface area contributed by atoms with Gasteiger partial charge < -0.3 is 62.9 Å². The molecule has 14 atom stereocenters. The molecule has 1 aromatic rings. The Balaban J connectivity index is 1.70. The van der Waals surface area contributed by atoms with Gasteiger partial charge in [-0.2, -0.15) is 0 Å². The van der Waals surface area contributed by atoms with E-state index in [0.717, 1.165) is 38.5 Å². The molecule has 1 aromatic carbocycles. The minimum absolute atomic E-state index is 0.0598. The lowest BCUT2D eigenvalue weighted by molar-refractivity contribution is -0.346. The summed E-state index contributed by atoms with van der Waals surface area (Å²) in [6.07, 6.45) is -3.50. The summed E-state index contributed by atoms with van der Waals surface area (Å²) < 4.78 is 61.9. The Hall–Kier alpha value is -3.45. The number of unbranched alkanes of at least 4 members (excludes halogenated alkanes) is 3. The zero-order valence-corrected chi connectivity index (χ0v) is 36.4. The topological polar surface area (TPSA) is 196 Å². The number of benzene rings is 1. The number of alkyl carbamates (subject to hydrolysis) is 1. The van der Waals surface area contributed by atoms with Crippen LogP contribution < -0.4 is 5.32 Å². The van der Waals surface area contributed by atoms with Crippen molar-refractivity contribution in [1.29, 1.82) is 0 Å². The number of hydrogen-bond donors (Lipinski definition) is 3. The molecule has 344 valence electrons. The van der Waals surface area contributed by atoms with Gasteiger partial charge in [0.25, 0.3) is 0 Å². The molecule has 61 heavy (non-hydrogen) atoms. The van der Waals surface area contributed by atoms with E-state index in [1.807, 2.05) is 6.92 Å². The zero-order chi connectivity index (χ0) is 44.3. The summed E-state index contributed by atoms with van der Waals surface area (Å²) >= 11 is 0. The highest BCUT2D eigenvalue weighted by molar-refractivity contribution is 5.89. The number of hydrogen-bond acceptors (Lipinski definition) is 15. The van der Waals surface area contributed by atoms with Crippen molar-refractivity contribution in [3.05, 3.63) is 61.2 Å². The van der Waals surface area contributed by atoms with Crippen molar-refractivity contribution >= 4 is 18.0 Å². The first-order chi connectivity index (χ1) is 29.5. The number of carbonyl (C=O) groups excluding carboxylic acids is 3. The first-order valence-electron chi connectivity index (χ1n) is 21.8. The van der Waals surface area contributed by atoms with Crippen molar-refractivity contribution in [2.75, 3.05) is 40.1 Å². The first-order valence-corrected chi connectivity index (χ1v) is 21.8. The van der Waals surface area contributed by atoms with Gasteiger partial charge in [0, 0.05) is 25.7 Å². The standard InChI is InChI=1S/C45H69NO15/c1-8-13-22-53-37-28(6)58-44(40(55-24-15-10-3)39(37)54-23-14-9-2)61-38-29(12-5)25-31(41(49)52-7)26-32(38)59-43-34(46-45(51)56-21-11-4)36(48)35(47)33(60-43)27-57-42(50)30-19-17-16-18-20-30/h11-12,16-20,28-29,31-40,43-44,47-48H,4-5,8-10,13-15,21-27H2,1-3,6-7H3,(H,46,51)/t28-,29?,31?,32+,33?,34?,35-,36?,37?,38?,39?,40-,43+,44?/m0/s1. The van der Waals surface area contributed by atoms with Crippen molar-refractivity contribution in [2.24, 2.45) is 11.8 Å². The minimum atomic E-state index is -1.70. The summed E-state index contributed by atoms with van der Waals surface area (Å²) in [6.45, 7) is 16.6. The molecule has 2 heterocycles. The number of esters is 2. The maximum Gasteiger partial charge on any atom is 0.407 e. The number of rotatable bonds is 24. The molecule has 1 saturated carbocycles. The van der Waals surface area contributed by atoms with Crippen LogP contribution in [0.2, 0.25) is 0 Å². The second kappa shape index (κ2) is 26.2. The predicted molar refractivity (Wildman–Crippen MR) is 222 cm³/mol. The number of aliphatic hydroxyl groups excluding tert-OH is 2. The number of carbonyl (C=O) groups is 3. The summed E-state index contributed by atoms with van der Waals surface area (Å²) in [5, 5.41) is 25.3. The highest BCUT2D eigenvalue weighted by Gasteiger charge is 2.53. The van der Waals surface area contributed by atoms with E-state index in [0.29, 0.717) is 26.2 Å². The average molecular weight is 864 g/mol. The molecule has 0 aromatic heterocycles. The number of amides is 1. The van der Waals surface area contributed by atoms with E-state index >= 15 is 0 Å². The third kappa shape index (κ3) is 14.3. The predicted octanol–water partition coefficient (Wildman–Crippen LogP) is 5.03. The molecule has 0 bridgehead atoms. The number of nitrogens with one attached hydrogen (secondary N) is 1. The fraction of sp³-hybridized carbons (Fsp3) is 0.711. The van der Waals surface area contributed by atoms with Gasteiger partial charge >= 0.3 is 18.0 Å². The highest BCUT2D eigenvalue weighted by Crippen LogP contribution is 2.40. The van der Waals surface area contributed by atoms with Crippen LogP contribution in [0.1, 0.15) is 89.4 Å². The summed E-state index contributed by atoms with van der Waals surface area (Å²) in [7, 11) is 1.30. The van der Waals surface area contributed by atoms with Crippen molar-refractivity contribution < 1.29 is 72.0 Å². The van der Waals surface area contributed by atoms with E-state index in [4.69, 9.17) is 47.4 Å². The van der Waals surface area contributed by atoms with E-state index < -0.39 is 110 Å². The lowest BCUT2D eigenvalue weighted by Gasteiger charge is -2.49. The van der Waals surface area contributed by atoms with Gasteiger partial charge in [-0.05, 0) is 51.2 Å². The largest absolute Gasteiger partial charge is 0.469 e. The van der Waals surface area contributed by atoms with Gasteiger partial charge in [-0.15, -0.1) is 6.58 Å². The van der Waals surface area contributed by atoms with Crippen LogP contribution in [-0.4, -0.2) is 142 Å². The summed E-state index contributed by atoms with van der Waals surface area (Å²) in [5.41, 5.74) is 0.269. The first kappa shape index (κ1) is 50.2. The van der Waals surface area contributed by atoms with Crippen molar-refractivity contribution in [2.45, 2.75) is 153 Å². The molecule has 1 amide bonds. The van der Waals surface area contributed by atoms with Crippen LogP contribution in [0.25, 0.3) is 0 Å². The Kier molecular flexibility index (Phi) is 21.6. The lowest BCUT2D eigenvalue weighted by Crippen LogP contribution is -2.66. The fourth-order valence-corrected chi connectivity index (χ4v) is 7.72. The number of ether oxygens (including phenoxy) is 10. The van der Waals surface area contributed by atoms with E-state index in [9.17, 15) is 24.6 Å². The molecule has 2 saturated heterocycles. The summed E-state index contributed by atoms with van der Waals surface area (Å²) in [4.78, 5) is 39.0. The lowest BCUT2D eigenvalue weighted by atomic mass is 9.77. The van der Waals surface area contributed by atoms with Gasteiger partial charge in [0.1, 0.15) is 55.9 Å². The fourth-order valence-electron chi connectivity index (χ4n) is 7.72. The molecular formula is C45H69NO15. The summed E-state index contributed by atoms with van der Waals surface area (Å²) in [5.74, 6) is -2.35. The van der Waals surface area contributed by atoms with E-state index in [-0.39, 0.29) is 18.6 Å². The molecule has 0 spiro atoms. The van der Waals surface area contributed by atoms with Crippen LogP contribution in [0.15, 0.2) is 55.6 Å². The van der Waals surface area contributed by atoms with Crippen molar-refractivity contribution in [3.8, 4) is 0 Å². The van der Waals surface area contributed by atoms with Crippen LogP contribution in [0, 0.1) is 11.8 Å². The van der Waals surface area contributed by atoms with Crippen LogP contribution in [-0.2, 0) is 52.2 Å². The third-order valence-corrected chi connectivity index (χ3v) is 11.2. The molecule has 3 fully saturated rings. The maximum atomic E-state index is 13.2. The third-order valence-electron chi connectivity index (χ3n) is 11.2.